The van der Waals surface area contributed by atoms with E-state index in [0.29, 0.717) is 6.54 Å². The maximum atomic E-state index is 5.39. The topological polar surface area (TPSA) is 61.2 Å². The SMILES string of the molecule is CC(NCc1cc2c(cc1Br)OCO2)c1nncn1C. The third-order valence-corrected chi connectivity index (χ3v) is 4.01. The van der Waals surface area contributed by atoms with E-state index in [9.17, 15) is 0 Å². The molecule has 0 radical (unpaired) electrons. The Morgan fingerprint density at radius 1 is 1.40 bits per heavy atom. The fourth-order valence-corrected chi connectivity index (χ4v) is 2.60. The third-order valence-electron chi connectivity index (χ3n) is 3.27. The highest BCUT2D eigenvalue weighted by atomic mass is 79.9. The summed E-state index contributed by atoms with van der Waals surface area (Å²) < 4.78 is 13.6. The number of nitrogens with zero attached hydrogens (tertiary/aromatic N) is 3. The van der Waals surface area contributed by atoms with E-state index in [1.54, 1.807) is 6.33 Å². The molecule has 0 bridgehead atoms. The predicted octanol–water partition coefficient (Wildman–Crippen LogP) is 2.16. The van der Waals surface area contributed by atoms with Gasteiger partial charge >= 0.3 is 0 Å². The molecule has 3 rings (SSSR count). The van der Waals surface area contributed by atoms with E-state index in [4.69, 9.17) is 9.47 Å². The van der Waals surface area contributed by atoms with Crippen LogP contribution in [-0.2, 0) is 13.6 Å². The van der Waals surface area contributed by atoms with Gasteiger partial charge in [0.05, 0.1) is 6.04 Å². The molecule has 6 nitrogen and oxygen atoms in total. The van der Waals surface area contributed by atoms with Gasteiger partial charge in [0.1, 0.15) is 12.2 Å². The van der Waals surface area contributed by atoms with Crippen LogP contribution in [0.4, 0.5) is 0 Å². The van der Waals surface area contributed by atoms with Gasteiger partial charge in [-0.15, -0.1) is 10.2 Å². The van der Waals surface area contributed by atoms with Gasteiger partial charge in [0.2, 0.25) is 6.79 Å². The zero-order chi connectivity index (χ0) is 14.1. The summed E-state index contributed by atoms with van der Waals surface area (Å²) >= 11 is 3.55. The number of rotatable bonds is 4. The van der Waals surface area contributed by atoms with Crippen molar-refractivity contribution in [1.29, 1.82) is 0 Å². The van der Waals surface area contributed by atoms with E-state index >= 15 is 0 Å². The van der Waals surface area contributed by atoms with Crippen LogP contribution in [0.3, 0.4) is 0 Å². The number of nitrogens with one attached hydrogen (secondary N) is 1. The molecule has 20 heavy (non-hydrogen) atoms. The zero-order valence-corrected chi connectivity index (χ0v) is 12.8. The van der Waals surface area contributed by atoms with E-state index < -0.39 is 0 Å². The molecular formula is C13H15BrN4O2. The van der Waals surface area contributed by atoms with Crippen molar-refractivity contribution in [3.8, 4) is 11.5 Å². The predicted molar refractivity (Wildman–Crippen MR) is 76.5 cm³/mol. The van der Waals surface area contributed by atoms with E-state index in [0.717, 1.165) is 27.4 Å². The van der Waals surface area contributed by atoms with Gasteiger partial charge in [-0.1, -0.05) is 15.9 Å². The van der Waals surface area contributed by atoms with Crippen molar-refractivity contribution in [1.82, 2.24) is 20.1 Å². The second-order valence-corrected chi connectivity index (χ2v) is 5.55. The second kappa shape index (κ2) is 5.41. The van der Waals surface area contributed by atoms with Crippen molar-refractivity contribution in [2.45, 2.75) is 19.5 Å². The Morgan fingerprint density at radius 2 is 2.15 bits per heavy atom. The van der Waals surface area contributed by atoms with E-state index in [1.807, 2.05) is 23.7 Å². The maximum Gasteiger partial charge on any atom is 0.231 e. The number of ether oxygens (including phenoxy) is 2. The summed E-state index contributed by atoms with van der Waals surface area (Å²) in [5.41, 5.74) is 1.11. The summed E-state index contributed by atoms with van der Waals surface area (Å²) in [6, 6.07) is 4.04. The van der Waals surface area contributed by atoms with Gasteiger partial charge in [-0.2, -0.15) is 0 Å². The van der Waals surface area contributed by atoms with Crippen LogP contribution in [0.5, 0.6) is 11.5 Å². The number of aromatic nitrogens is 3. The summed E-state index contributed by atoms with van der Waals surface area (Å²) in [7, 11) is 1.93. The molecule has 7 heteroatoms. The summed E-state index contributed by atoms with van der Waals surface area (Å²) in [5, 5.41) is 11.4. The van der Waals surface area contributed by atoms with Gasteiger partial charge in [0.15, 0.2) is 11.5 Å². The second-order valence-electron chi connectivity index (χ2n) is 4.70. The minimum absolute atomic E-state index is 0.111. The quantitative estimate of drug-likeness (QED) is 0.925. The summed E-state index contributed by atoms with van der Waals surface area (Å²) in [6.45, 7) is 3.05. The molecule has 0 amide bonds. The lowest BCUT2D eigenvalue weighted by Crippen LogP contribution is -2.21. The molecule has 0 aliphatic carbocycles. The first-order chi connectivity index (χ1) is 9.65. The molecule has 2 heterocycles. The van der Waals surface area contributed by atoms with Crippen LogP contribution < -0.4 is 14.8 Å². The Labute approximate surface area is 125 Å². The number of aryl methyl sites for hydroxylation is 1. The van der Waals surface area contributed by atoms with Crippen molar-refractivity contribution < 1.29 is 9.47 Å². The Balaban J connectivity index is 1.71. The third kappa shape index (κ3) is 2.51. The van der Waals surface area contributed by atoms with Crippen molar-refractivity contribution in [3.05, 3.63) is 34.3 Å². The van der Waals surface area contributed by atoms with Gasteiger partial charge < -0.3 is 19.4 Å². The average Bonchev–Trinajstić information content (AvgIpc) is 3.04. The van der Waals surface area contributed by atoms with Gasteiger partial charge in [-0.05, 0) is 24.6 Å². The molecule has 1 atom stereocenters. The molecule has 2 aromatic rings. The van der Waals surface area contributed by atoms with Crippen molar-refractivity contribution in [2.24, 2.45) is 7.05 Å². The van der Waals surface area contributed by atoms with Crippen LogP contribution in [0.1, 0.15) is 24.4 Å². The number of halogens is 1. The van der Waals surface area contributed by atoms with Crippen molar-refractivity contribution >= 4 is 15.9 Å². The Morgan fingerprint density at radius 3 is 2.85 bits per heavy atom. The molecule has 1 N–H and O–H groups in total. The normalized spacial score (nSPS) is 14.6. The first-order valence-electron chi connectivity index (χ1n) is 6.30. The molecule has 1 aromatic heterocycles. The maximum absolute atomic E-state index is 5.39. The highest BCUT2D eigenvalue weighted by Gasteiger charge is 2.17. The lowest BCUT2D eigenvalue weighted by Gasteiger charge is -2.14. The van der Waals surface area contributed by atoms with E-state index in [2.05, 4.69) is 38.4 Å². The first kappa shape index (κ1) is 13.4. The lowest BCUT2D eigenvalue weighted by atomic mass is 10.2. The van der Waals surface area contributed by atoms with Crippen LogP contribution >= 0.6 is 15.9 Å². The van der Waals surface area contributed by atoms with Crippen molar-refractivity contribution in [3.63, 3.8) is 0 Å². The molecule has 0 saturated carbocycles. The molecule has 1 aliphatic heterocycles. The smallest absolute Gasteiger partial charge is 0.231 e. The molecule has 0 fully saturated rings. The van der Waals surface area contributed by atoms with Crippen molar-refractivity contribution in [2.75, 3.05) is 6.79 Å². The van der Waals surface area contributed by atoms with Gasteiger partial charge in [-0.25, -0.2) is 0 Å². The number of fused-ring (bicyclic) bond motifs is 1. The number of hydrogen-bond acceptors (Lipinski definition) is 5. The molecular weight excluding hydrogens is 324 g/mol. The van der Waals surface area contributed by atoms with Gasteiger partial charge in [0, 0.05) is 18.1 Å². The van der Waals surface area contributed by atoms with E-state index in [1.165, 1.54) is 0 Å². The number of benzene rings is 1. The fourth-order valence-electron chi connectivity index (χ4n) is 2.13. The van der Waals surface area contributed by atoms with Gasteiger partial charge in [-0.3, -0.25) is 0 Å². The molecule has 0 saturated heterocycles. The van der Waals surface area contributed by atoms with Crippen LogP contribution in [0.15, 0.2) is 22.9 Å². The minimum atomic E-state index is 0.111. The Bertz CT molecular complexity index is 629. The van der Waals surface area contributed by atoms with Crippen LogP contribution in [0.2, 0.25) is 0 Å². The van der Waals surface area contributed by atoms with Crippen LogP contribution in [-0.4, -0.2) is 21.6 Å². The molecule has 1 aliphatic rings. The average molecular weight is 339 g/mol. The minimum Gasteiger partial charge on any atom is -0.454 e. The summed E-state index contributed by atoms with van der Waals surface area (Å²) in [6.07, 6.45) is 1.70. The van der Waals surface area contributed by atoms with Crippen LogP contribution in [0.25, 0.3) is 0 Å². The highest BCUT2D eigenvalue weighted by Crippen LogP contribution is 2.36. The lowest BCUT2D eigenvalue weighted by molar-refractivity contribution is 0.174. The molecule has 1 aromatic carbocycles. The largest absolute Gasteiger partial charge is 0.454 e. The summed E-state index contributed by atoms with van der Waals surface area (Å²) in [5.74, 6) is 2.47. The Kier molecular flexibility index (Phi) is 3.62. The zero-order valence-electron chi connectivity index (χ0n) is 11.3. The summed E-state index contributed by atoms with van der Waals surface area (Å²) in [4.78, 5) is 0. The standard InChI is InChI=1S/C13H15BrN4O2/c1-8(13-17-16-6-18(13)2)15-5-9-3-11-12(4-10(9)14)20-7-19-11/h3-4,6,8,15H,5,7H2,1-2H3. The molecule has 106 valence electrons. The highest BCUT2D eigenvalue weighted by molar-refractivity contribution is 9.10. The first-order valence-corrected chi connectivity index (χ1v) is 7.09. The van der Waals surface area contributed by atoms with E-state index in [-0.39, 0.29) is 12.8 Å². The fraction of sp³-hybridized carbons (Fsp3) is 0.385. The van der Waals surface area contributed by atoms with Gasteiger partial charge in [0.25, 0.3) is 0 Å². The molecule has 1 unspecified atom stereocenters. The molecule has 0 spiro atoms. The number of hydrogen-bond donors (Lipinski definition) is 1. The van der Waals surface area contributed by atoms with Crippen LogP contribution in [0, 0.1) is 0 Å². The monoisotopic (exact) mass is 338 g/mol. The Hall–Kier alpha value is -1.60.